The Balaban J connectivity index is 2.80. The minimum absolute atomic E-state index is 0.104. The zero-order valence-electron chi connectivity index (χ0n) is 10.4. The van der Waals surface area contributed by atoms with Crippen LogP contribution in [0.1, 0.15) is 25.8 Å². The molecule has 0 aromatic heterocycles. The maximum Gasteiger partial charge on any atom is 0.241 e. The molecule has 96 valence electrons. The van der Waals surface area contributed by atoms with Crippen molar-refractivity contribution < 1.29 is 4.79 Å². The monoisotopic (exact) mass is 265 g/mol. The van der Waals surface area contributed by atoms with E-state index >= 15 is 0 Å². The first kappa shape index (κ1) is 14.5. The van der Waals surface area contributed by atoms with Gasteiger partial charge in [0.15, 0.2) is 0 Å². The summed E-state index contributed by atoms with van der Waals surface area (Å²) in [5.74, 6) is -0.150. The van der Waals surface area contributed by atoms with Crippen molar-refractivity contribution in [2.75, 3.05) is 5.32 Å². The van der Waals surface area contributed by atoms with E-state index in [9.17, 15) is 4.79 Å². The Morgan fingerprint density at radius 3 is 2.83 bits per heavy atom. The van der Waals surface area contributed by atoms with E-state index in [1.165, 1.54) is 6.07 Å². The van der Waals surface area contributed by atoms with E-state index in [1.54, 1.807) is 12.1 Å². The molecule has 1 aromatic carbocycles. The van der Waals surface area contributed by atoms with Gasteiger partial charge >= 0.3 is 0 Å². The zero-order chi connectivity index (χ0) is 13.7. The summed E-state index contributed by atoms with van der Waals surface area (Å²) in [6, 6.07) is 6.15. The third-order valence-electron chi connectivity index (χ3n) is 2.91. The van der Waals surface area contributed by atoms with Gasteiger partial charge in [-0.05, 0) is 24.1 Å². The molecule has 4 nitrogen and oxygen atoms in total. The number of carbonyl (C=O) groups excluding carboxylic acids is 1. The maximum absolute atomic E-state index is 11.8. The lowest BCUT2D eigenvalue weighted by molar-refractivity contribution is -0.118. The smallest absolute Gasteiger partial charge is 0.241 e. The molecule has 0 radical (unpaired) electrons. The summed E-state index contributed by atoms with van der Waals surface area (Å²) in [5, 5.41) is 11.9. The number of halogens is 1. The van der Waals surface area contributed by atoms with Crippen molar-refractivity contribution in [3.8, 4) is 6.07 Å². The molecule has 2 atom stereocenters. The summed E-state index contributed by atoms with van der Waals surface area (Å²) in [6.45, 7) is 3.90. The molecule has 5 heteroatoms. The van der Waals surface area contributed by atoms with E-state index < -0.39 is 6.04 Å². The number of benzene rings is 1. The van der Waals surface area contributed by atoms with Crippen LogP contribution in [0.15, 0.2) is 18.2 Å². The van der Waals surface area contributed by atoms with Crippen LogP contribution < -0.4 is 11.1 Å². The second kappa shape index (κ2) is 6.39. The normalized spacial score (nSPS) is 13.5. The third-order valence-corrected chi connectivity index (χ3v) is 3.24. The molecule has 1 aromatic rings. The number of nitrogens with zero attached hydrogens (tertiary/aromatic N) is 1. The largest absolute Gasteiger partial charge is 0.325 e. The average Bonchev–Trinajstić information content (AvgIpc) is 2.38. The Labute approximate surface area is 112 Å². The van der Waals surface area contributed by atoms with Crippen molar-refractivity contribution in [2.45, 2.75) is 26.3 Å². The second-order valence-corrected chi connectivity index (χ2v) is 4.61. The lowest BCUT2D eigenvalue weighted by Crippen LogP contribution is -2.40. The van der Waals surface area contributed by atoms with Crippen LogP contribution in [0.4, 0.5) is 5.69 Å². The van der Waals surface area contributed by atoms with Gasteiger partial charge in [-0.3, -0.25) is 4.79 Å². The van der Waals surface area contributed by atoms with Crippen LogP contribution in [0, 0.1) is 17.2 Å². The highest BCUT2D eigenvalue weighted by atomic mass is 35.5. The van der Waals surface area contributed by atoms with Crippen molar-refractivity contribution in [2.24, 2.45) is 11.7 Å². The van der Waals surface area contributed by atoms with Crippen molar-refractivity contribution in [1.82, 2.24) is 0 Å². The highest BCUT2D eigenvalue weighted by molar-refractivity contribution is 6.31. The van der Waals surface area contributed by atoms with Crippen molar-refractivity contribution >= 4 is 23.2 Å². The molecule has 18 heavy (non-hydrogen) atoms. The van der Waals surface area contributed by atoms with Gasteiger partial charge in [-0.2, -0.15) is 5.26 Å². The molecule has 0 spiro atoms. The number of nitriles is 1. The van der Waals surface area contributed by atoms with Gasteiger partial charge in [-0.1, -0.05) is 31.9 Å². The van der Waals surface area contributed by atoms with Crippen LogP contribution in [0.2, 0.25) is 5.02 Å². The number of carbonyl (C=O) groups is 1. The summed E-state index contributed by atoms with van der Waals surface area (Å²) in [6.07, 6.45) is 0.832. The average molecular weight is 266 g/mol. The summed E-state index contributed by atoms with van der Waals surface area (Å²) in [5.41, 5.74) is 6.67. The Bertz CT molecular complexity index is 482. The van der Waals surface area contributed by atoms with Crippen molar-refractivity contribution in [3.05, 3.63) is 28.8 Å². The molecular formula is C13H16ClN3O. The number of anilines is 1. The van der Waals surface area contributed by atoms with E-state index in [0.29, 0.717) is 16.3 Å². The number of nitrogens with two attached hydrogens (primary N) is 1. The van der Waals surface area contributed by atoms with E-state index in [1.807, 2.05) is 19.9 Å². The van der Waals surface area contributed by atoms with Gasteiger partial charge < -0.3 is 11.1 Å². The van der Waals surface area contributed by atoms with Crippen LogP contribution >= 0.6 is 11.6 Å². The standard InChI is InChI=1S/C13H16ClN3O/c1-3-8(2)12(16)13(18)17-10-4-5-11(14)9(6-10)7-15/h4-6,8,12H,3,16H2,1-2H3,(H,17,18)/t8-,12-/m0/s1. The first-order valence-electron chi connectivity index (χ1n) is 5.75. The molecule has 0 aliphatic carbocycles. The Hall–Kier alpha value is -1.57. The quantitative estimate of drug-likeness (QED) is 0.878. The second-order valence-electron chi connectivity index (χ2n) is 4.21. The summed E-state index contributed by atoms with van der Waals surface area (Å²) >= 11 is 5.81. The first-order chi connectivity index (χ1) is 8.49. The SMILES string of the molecule is CC[C@H](C)[C@H](N)C(=O)Nc1ccc(Cl)c(C#N)c1. The Kier molecular flexibility index (Phi) is 5.14. The first-order valence-corrected chi connectivity index (χ1v) is 6.13. The molecule has 0 aliphatic rings. The fraction of sp³-hybridized carbons (Fsp3) is 0.385. The molecule has 0 heterocycles. The van der Waals surface area contributed by atoms with E-state index in [2.05, 4.69) is 5.32 Å². The van der Waals surface area contributed by atoms with Crippen molar-refractivity contribution in [3.63, 3.8) is 0 Å². The van der Waals surface area contributed by atoms with E-state index in [4.69, 9.17) is 22.6 Å². The van der Waals surface area contributed by atoms with Gasteiger partial charge in [0.05, 0.1) is 16.6 Å². The summed E-state index contributed by atoms with van der Waals surface area (Å²) in [4.78, 5) is 11.8. The number of amides is 1. The van der Waals surface area contributed by atoms with Gasteiger partial charge in [0.25, 0.3) is 0 Å². The third kappa shape index (κ3) is 3.46. The molecule has 0 saturated heterocycles. The molecule has 3 N–H and O–H groups in total. The van der Waals surface area contributed by atoms with Gasteiger partial charge in [-0.15, -0.1) is 0 Å². The highest BCUT2D eigenvalue weighted by Crippen LogP contribution is 2.20. The van der Waals surface area contributed by atoms with Crippen LogP contribution in [0.5, 0.6) is 0 Å². The molecule has 1 amide bonds. The Morgan fingerprint density at radius 1 is 1.61 bits per heavy atom. The summed E-state index contributed by atoms with van der Waals surface area (Å²) < 4.78 is 0. The van der Waals surface area contributed by atoms with E-state index in [-0.39, 0.29) is 11.8 Å². The van der Waals surface area contributed by atoms with Gasteiger partial charge in [0.1, 0.15) is 6.07 Å². The zero-order valence-corrected chi connectivity index (χ0v) is 11.2. The molecule has 0 saturated carbocycles. The van der Waals surface area contributed by atoms with Gasteiger partial charge in [-0.25, -0.2) is 0 Å². The Morgan fingerprint density at radius 2 is 2.28 bits per heavy atom. The van der Waals surface area contributed by atoms with Crippen LogP contribution in [0.3, 0.4) is 0 Å². The molecule has 0 fully saturated rings. The predicted molar refractivity (Wildman–Crippen MR) is 72.2 cm³/mol. The molecule has 1 rings (SSSR count). The highest BCUT2D eigenvalue weighted by Gasteiger charge is 2.19. The molecular weight excluding hydrogens is 250 g/mol. The van der Waals surface area contributed by atoms with E-state index in [0.717, 1.165) is 6.42 Å². The molecule has 0 unspecified atom stereocenters. The molecule has 0 aliphatic heterocycles. The van der Waals surface area contributed by atoms with Gasteiger partial charge in [0.2, 0.25) is 5.91 Å². The summed E-state index contributed by atoms with van der Waals surface area (Å²) in [7, 11) is 0. The number of hydrogen-bond donors (Lipinski definition) is 2. The van der Waals surface area contributed by atoms with Crippen LogP contribution in [0.25, 0.3) is 0 Å². The lowest BCUT2D eigenvalue weighted by Gasteiger charge is -2.17. The van der Waals surface area contributed by atoms with Gasteiger partial charge in [0, 0.05) is 5.69 Å². The maximum atomic E-state index is 11.8. The van der Waals surface area contributed by atoms with Crippen LogP contribution in [-0.2, 0) is 4.79 Å². The minimum Gasteiger partial charge on any atom is -0.325 e. The number of nitrogens with one attached hydrogen (secondary N) is 1. The predicted octanol–water partition coefficient (Wildman–Crippen LogP) is 2.52. The molecule has 0 bridgehead atoms. The fourth-order valence-corrected chi connectivity index (χ4v) is 1.59. The number of rotatable bonds is 4. The minimum atomic E-state index is -0.559. The van der Waals surface area contributed by atoms with Crippen molar-refractivity contribution in [1.29, 1.82) is 5.26 Å². The van der Waals surface area contributed by atoms with Crippen LogP contribution in [-0.4, -0.2) is 11.9 Å². The topological polar surface area (TPSA) is 78.9 Å². The lowest BCUT2D eigenvalue weighted by atomic mass is 9.99. The number of hydrogen-bond acceptors (Lipinski definition) is 3. The fourth-order valence-electron chi connectivity index (χ4n) is 1.43.